The molecule has 0 atom stereocenters. The first-order valence-electron chi connectivity index (χ1n) is 15.4. The third kappa shape index (κ3) is 32.8. The van der Waals surface area contributed by atoms with E-state index >= 15 is 0 Å². The topological polar surface area (TPSA) is 98.8 Å². The maximum Gasteiger partial charge on any atom is 0.305 e. The van der Waals surface area contributed by atoms with Crippen molar-refractivity contribution in [1.29, 1.82) is 0 Å². The zero-order valence-electron chi connectivity index (χ0n) is 25.1. The van der Waals surface area contributed by atoms with Crippen molar-refractivity contribution in [2.24, 2.45) is 0 Å². The van der Waals surface area contributed by atoms with E-state index in [1.165, 1.54) is 51.4 Å². The highest BCUT2D eigenvalue weighted by atomic mass is 16.6. The molecule has 0 bridgehead atoms. The van der Waals surface area contributed by atoms with E-state index < -0.39 is 0 Å². The molecule has 0 unspecified atom stereocenters. The van der Waals surface area contributed by atoms with Crippen molar-refractivity contribution >= 4 is 11.9 Å². The minimum atomic E-state index is -0.143. The molecule has 0 aromatic rings. The summed E-state index contributed by atoms with van der Waals surface area (Å²) in [5, 5.41) is 0. The number of ether oxygens (including phenoxy) is 7. The Bertz CT molecular complexity index is 473. The van der Waals surface area contributed by atoms with E-state index in [0.29, 0.717) is 78.9 Å². The first-order valence-corrected chi connectivity index (χ1v) is 15.4. The van der Waals surface area contributed by atoms with Crippen molar-refractivity contribution in [2.45, 2.75) is 104 Å². The molecule has 0 saturated heterocycles. The van der Waals surface area contributed by atoms with E-state index in [0.717, 1.165) is 25.7 Å². The second-order valence-corrected chi connectivity index (χ2v) is 9.54. The lowest BCUT2D eigenvalue weighted by Crippen LogP contribution is -2.15. The van der Waals surface area contributed by atoms with Gasteiger partial charge in [-0.2, -0.15) is 0 Å². The van der Waals surface area contributed by atoms with Gasteiger partial charge in [0, 0.05) is 12.8 Å². The molecule has 0 aliphatic rings. The van der Waals surface area contributed by atoms with Gasteiger partial charge >= 0.3 is 11.9 Å². The Labute approximate surface area is 237 Å². The Morgan fingerprint density at radius 1 is 0.359 bits per heavy atom. The van der Waals surface area contributed by atoms with Crippen LogP contribution in [0, 0.1) is 0 Å². The van der Waals surface area contributed by atoms with Gasteiger partial charge in [0.2, 0.25) is 0 Å². The van der Waals surface area contributed by atoms with Crippen LogP contribution in [-0.2, 0) is 42.7 Å². The van der Waals surface area contributed by atoms with Gasteiger partial charge in [0.05, 0.1) is 66.1 Å². The summed E-state index contributed by atoms with van der Waals surface area (Å²) in [5.41, 5.74) is 0. The normalized spacial score (nSPS) is 11.1. The third-order valence-electron chi connectivity index (χ3n) is 5.94. The largest absolute Gasteiger partial charge is 0.463 e. The van der Waals surface area contributed by atoms with Crippen LogP contribution < -0.4 is 0 Å². The number of hydrogen-bond donors (Lipinski definition) is 0. The Morgan fingerprint density at radius 2 is 0.615 bits per heavy atom. The lowest BCUT2D eigenvalue weighted by Gasteiger charge is -2.08. The molecule has 0 aromatic heterocycles. The lowest BCUT2D eigenvalue weighted by atomic mass is 10.1. The van der Waals surface area contributed by atoms with Gasteiger partial charge in [-0.15, -0.1) is 0 Å². The van der Waals surface area contributed by atoms with E-state index in [-0.39, 0.29) is 25.2 Å². The molecule has 0 heterocycles. The summed E-state index contributed by atoms with van der Waals surface area (Å²) in [5.74, 6) is -0.286. The van der Waals surface area contributed by atoms with Crippen molar-refractivity contribution in [1.82, 2.24) is 0 Å². The number of carbonyl (C=O) groups is 2. The number of unbranched alkanes of at least 4 members (excludes halogenated alkanes) is 10. The van der Waals surface area contributed by atoms with Crippen LogP contribution >= 0.6 is 0 Å². The fourth-order valence-corrected chi connectivity index (χ4v) is 3.65. The molecule has 0 fully saturated rings. The van der Waals surface area contributed by atoms with Gasteiger partial charge < -0.3 is 33.2 Å². The molecule has 0 saturated carbocycles. The van der Waals surface area contributed by atoms with Crippen LogP contribution in [0.3, 0.4) is 0 Å². The van der Waals surface area contributed by atoms with E-state index in [4.69, 9.17) is 33.2 Å². The van der Waals surface area contributed by atoms with E-state index in [1.54, 1.807) is 0 Å². The van der Waals surface area contributed by atoms with Crippen molar-refractivity contribution in [2.75, 3.05) is 79.3 Å². The molecular formula is C30H58O9. The summed E-state index contributed by atoms with van der Waals surface area (Å²) in [7, 11) is 0. The Kier molecular flexibility index (Phi) is 31.9. The average Bonchev–Trinajstić information content (AvgIpc) is 2.93. The first-order chi connectivity index (χ1) is 19.2. The van der Waals surface area contributed by atoms with Crippen LogP contribution in [0.15, 0.2) is 0 Å². The molecule has 9 nitrogen and oxygen atoms in total. The van der Waals surface area contributed by atoms with Gasteiger partial charge in [0.15, 0.2) is 0 Å². The maximum absolute atomic E-state index is 11.6. The van der Waals surface area contributed by atoms with Crippen molar-refractivity contribution < 1.29 is 42.7 Å². The molecule has 0 amide bonds. The van der Waals surface area contributed by atoms with Gasteiger partial charge in [0.25, 0.3) is 0 Å². The molecule has 0 spiro atoms. The molecule has 0 rings (SSSR count). The second-order valence-electron chi connectivity index (χ2n) is 9.54. The van der Waals surface area contributed by atoms with Crippen LogP contribution in [0.2, 0.25) is 0 Å². The maximum atomic E-state index is 11.6. The van der Waals surface area contributed by atoms with Crippen LogP contribution in [-0.4, -0.2) is 91.2 Å². The van der Waals surface area contributed by atoms with Crippen LogP contribution in [0.1, 0.15) is 104 Å². The highest BCUT2D eigenvalue weighted by Crippen LogP contribution is 2.08. The molecule has 0 aliphatic carbocycles. The summed E-state index contributed by atoms with van der Waals surface area (Å²) >= 11 is 0. The first kappa shape index (κ1) is 37.7. The fraction of sp³-hybridized carbons (Fsp3) is 0.933. The van der Waals surface area contributed by atoms with Crippen LogP contribution in [0.4, 0.5) is 0 Å². The Morgan fingerprint density at radius 3 is 0.923 bits per heavy atom. The average molecular weight is 563 g/mol. The molecule has 0 aliphatic heterocycles. The highest BCUT2D eigenvalue weighted by Gasteiger charge is 2.03. The minimum Gasteiger partial charge on any atom is -0.463 e. The quantitative estimate of drug-likeness (QED) is 0.0760. The molecule has 39 heavy (non-hydrogen) atoms. The fourth-order valence-electron chi connectivity index (χ4n) is 3.65. The standard InChI is InChI=1S/C30H58O9/c1-3-5-7-9-11-13-15-29(31)38-27-25-36-23-21-34-19-17-33-18-20-35-22-24-37-26-28-39-30(32)16-14-12-10-8-6-4-2/h3-28H2,1-2H3. The van der Waals surface area contributed by atoms with Gasteiger partial charge in [0.1, 0.15) is 13.2 Å². The van der Waals surface area contributed by atoms with Gasteiger partial charge in [-0.25, -0.2) is 0 Å². The van der Waals surface area contributed by atoms with Crippen LogP contribution in [0.25, 0.3) is 0 Å². The van der Waals surface area contributed by atoms with Gasteiger partial charge in [-0.1, -0.05) is 78.1 Å². The molecular weight excluding hydrogens is 504 g/mol. The Balaban J connectivity index is 3.17. The van der Waals surface area contributed by atoms with E-state index in [2.05, 4.69) is 13.8 Å². The van der Waals surface area contributed by atoms with Crippen LogP contribution in [0.5, 0.6) is 0 Å². The Hall–Kier alpha value is -1.26. The van der Waals surface area contributed by atoms with Crippen molar-refractivity contribution in [3.63, 3.8) is 0 Å². The third-order valence-corrected chi connectivity index (χ3v) is 5.94. The molecule has 0 radical (unpaired) electrons. The zero-order chi connectivity index (χ0) is 28.5. The smallest absolute Gasteiger partial charge is 0.305 e. The lowest BCUT2D eigenvalue weighted by molar-refractivity contribution is -0.146. The molecule has 0 N–H and O–H groups in total. The monoisotopic (exact) mass is 562 g/mol. The summed E-state index contributed by atoms with van der Waals surface area (Å²) in [6, 6.07) is 0. The molecule has 232 valence electrons. The van der Waals surface area contributed by atoms with E-state index in [9.17, 15) is 9.59 Å². The van der Waals surface area contributed by atoms with E-state index in [1.807, 2.05) is 0 Å². The predicted octanol–water partition coefficient (Wildman–Crippen LogP) is 5.66. The number of carbonyl (C=O) groups excluding carboxylic acids is 2. The summed E-state index contributed by atoms with van der Waals surface area (Å²) < 4.78 is 37.5. The zero-order valence-corrected chi connectivity index (χ0v) is 25.1. The second kappa shape index (κ2) is 32.9. The van der Waals surface area contributed by atoms with Gasteiger partial charge in [-0.3, -0.25) is 9.59 Å². The highest BCUT2D eigenvalue weighted by molar-refractivity contribution is 5.69. The number of rotatable bonds is 32. The minimum absolute atomic E-state index is 0.143. The van der Waals surface area contributed by atoms with Gasteiger partial charge in [-0.05, 0) is 12.8 Å². The summed E-state index contributed by atoms with van der Waals surface area (Å²) in [6.07, 6.45) is 14.9. The number of esters is 2. The summed E-state index contributed by atoms with van der Waals surface area (Å²) in [6.45, 7) is 9.52. The molecule has 9 heteroatoms. The van der Waals surface area contributed by atoms with Crippen molar-refractivity contribution in [3.8, 4) is 0 Å². The summed E-state index contributed by atoms with van der Waals surface area (Å²) in [4.78, 5) is 23.3. The SMILES string of the molecule is CCCCCCCCC(=O)OCCOCCOCCOCCOCCOCCOC(=O)CCCCCCCC. The van der Waals surface area contributed by atoms with Crippen molar-refractivity contribution in [3.05, 3.63) is 0 Å². The molecule has 0 aromatic carbocycles. The number of hydrogen-bond acceptors (Lipinski definition) is 9. The predicted molar refractivity (Wildman–Crippen MR) is 152 cm³/mol.